The van der Waals surface area contributed by atoms with Gasteiger partial charge in [0.1, 0.15) is 17.8 Å². The number of carboxylic acid groups (broad SMARTS) is 1. The Hall–Kier alpha value is -3.18. The number of hydrogen-bond acceptors (Lipinski definition) is 7. The van der Waals surface area contributed by atoms with Gasteiger partial charge in [0.15, 0.2) is 0 Å². The Balaban J connectivity index is 2.65. The SMILES string of the molecule is CC(C)CC(NC(=O)C(CCCCN)NC(=O)CNC(=O)C(N)Cc1ccc(O)cc1)C(=O)O. The molecule has 0 aromatic heterocycles. The van der Waals surface area contributed by atoms with Crippen LogP contribution in [0.5, 0.6) is 5.75 Å². The van der Waals surface area contributed by atoms with E-state index in [9.17, 15) is 29.4 Å². The summed E-state index contributed by atoms with van der Waals surface area (Å²) in [6.07, 6.45) is 1.93. The summed E-state index contributed by atoms with van der Waals surface area (Å²) in [6, 6.07) is 3.31. The molecule has 9 N–H and O–H groups in total. The molecule has 3 atom stereocenters. The van der Waals surface area contributed by atoms with Crippen LogP contribution in [0.4, 0.5) is 0 Å². The maximum absolute atomic E-state index is 12.7. The van der Waals surface area contributed by atoms with Gasteiger partial charge in [-0.15, -0.1) is 0 Å². The Morgan fingerprint density at radius 3 is 2.18 bits per heavy atom. The molecule has 0 fully saturated rings. The molecular formula is C23H37N5O6. The zero-order valence-corrected chi connectivity index (χ0v) is 19.8. The van der Waals surface area contributed by atoms with Crippen molar-refractivity contribution in [3.8, 4) is 5.75 Å². The number of hydrogen-bond donors (Lipinski definition) is 7. The van der Waals surface area contributed by atoms with Crippen molar-refractivity contribution in [2.75, 3.05) is 13.1 Å². The van der Waals surface area contributed by atoms with E-state index in [4.69, 9.17) is 11.5 Å². The van der Waals surface area contributed by atoms with Crippen LogP contribution in [0.25, 0.3) is 0 Å². The van der Waals surface area contributed by atoms with Crippen molar-refractivity contribution in [1.29, 1.82) is 0 Å². The van der Waals surface area contributed by atoms with Crippen LogP contribution in [-0.4, -0.2) is 65.1 Å². The summed E-state index contributed by atoms with van der Waals surface area (Å²) in [4.78, 5) is 48.8. The fourth-order valence-electron chi connectivity index (χ4n) is 3.25. The van der Waals surface area contributed by atoms with Gasteiger partial charge in [-0.25, -0.2) is 4.79 Å². The summed E-state index contributed by atoms with van der Waals surface area (Å²) in [6.45, 7) is 3.72. The van der Waals surface area contributed by atoms with E-state index >= 15 is 0 Å². The van der Waals surface area contributed by atoms with Crippen LogP contribution in [0.15, 0.2) is 24.3 Å². The Bertz CT molecular complexity index is 815. The highest BCUT2D eigenvalue weighted by molar-refractivity contribution is 5.92. The average Bonchev–Trinajstić information content (AvgIpc) is 2.77. The van der Waals surface area contributed by atoms with Crippen molar-refractivity contribution in [3.05, 3.63) is 29.8 Å². The first kappa shape index (κ1) is 28.9. The number of aliphatic carboxylic acids is 1. The standard InChI is InChI=1S/C23H37N5O6/c1-14(2)11-19(23(33)34)28-22(32)18(5-3-4-10-24)27-20(30)13-26-21(31)17(25)12-15-6-8-16(29)9-7-15/h6-9,14,17-19,29H,3-5,10-13,24-25H2,1-2H3,(H,26,31)(H,27,30)(H,28,32)(H,33,34). The minimum absolute atomic E-state index is 0.0488. The van der Waals surface area contributed by atoms with E-state index in [1.807, 2.05) is 13.8 Å². The molecule has 0 aliphatic carbocycles. The molecular weight excluding hydrogens is 442 g/mol. The molecule has 0 aliphatic heterocycles. The lowest BCUT2D eigenvalue weighted by atomic mass is 10.0. The molecule has 1 aromatic carbocycles. The van der Waals surface area contributed by atoms with Crippen molar-refractivity contribution in [1.82, 2.24) is 16.0 Å². The first-order chi connectivity index (χ1) is 16.0. The largest absolute Gasteiger partial charge is 0.508 e. The molecule has 0 saturated carbocycles. The average molecular weight is 480 g/mol. The fraction of sp³-hybridized carbons (Fsp3) is 0.565. The van der Waals surface area contributed by atoms with E-state index in [1.165, 1.54) is 12.1 Å². The minimum Gasteiger partial charge on any atom is -0.508 e. The third kappa shape index (κ3) is 11.1. The molecule has 1 rings (SSSR count). The number of benzene rings is 1. The van der Waals surface area contributed by atoms with Gasteiger partial charge < -0.3 is 37.6 Å². The molecule has 0 radical (unpaired) electrons. The molecule has 1 aromatic rings. The Labute approximate surface area is 199 Å². The zero-order chi connectivity index (χ0) is 25.7. The van der Waals surface area contributed by atoms with Crippen molar-refractivity contribution >= 4 is 23.7 Å². The highest BCUT2D eigenvalue weighted by Gasteiger charge is 2.27. The topological polar surface area (TPSA) is 197 Å². The summed E-state index contributed by atoms with van der Waals surface area (Å²) >= 11 is 0. The van der Waals surface area contributed by atoms with Crippen LogP contribution in [0.3, 0.4) is 0 Å². The maximum atomic E-state index is 12.7. The first-order valence-electron chi connectivity index (χ1n) is 11.4. The maximum Gasteiger partial charge on any atom is 0.326 e. The van der Waals surface area contributed by atoms with Gasteiger partial charge in [0, 0.05) is 0 Å². The number of phenolic OH excluding ortho intramolecular Hbond substituents is 1. The highest BCUT2D eigenvalue weighted by Crippen LogP contribution is 2.11. The summed E-state index contributed by atoms with van der Waals surface area (Å²) in [5.41, 5.74) is 12.1. The number of phenols is 1. The molecule has 0 aliphatic rings. The van der Waals surface area contributed by atoms with Gasteiger partial charge in [0.2, 0.25) is 17.7 Å². The third-order valence-electron chi connectivity index (χ3n) is 5.07. The Morgan fingerprint density at radius 2 is 1.62 bits per heavy atom. The zero-order valence-electron chi connectivity index (χ0n) is 19.8. The third-order valence-corrected chi connectivity index (χ3v) is 5.07. The molecule has 0 heterocycles. The number of nitrogens with one attached hydrogen (secondary N) is 3. The lowest BCUT2D eigenvalue weighted by molar-refractivity contribution is -0.142. The lowest BCUT2D eigenvalue weighted by Gasteiger charge is -2.22. The first-order valence-corrected chi connectivity index (χ1v) is 11.4. The summed E-state index contributed by atoms with van der Waals surface area (Å²) in [5, 5.41) is 26.2. The van der Waals surface area contributed by atoms with E-state index in [0.717, 1.165) is 5.56 Å². The molecule has 0 saturated heterocycles. The molecule has 3 amide bonds. The van der Waals surface area contributed by atoms with Crippen molar-refractivity contribution in [2.45, 2.75) is 64.1 Å². The normalized spacial score (nSPS) is 13.6. The van der Waals surface area contributed by atoms with Gasteiger partial charge in [-0.1, -0.05) is 26.0 Å². The van der Waals surface area contributed by atoms with E-state index in [0.29, 0.717) is 19.4 Å². The fourth-order valence-corrected chi connectivity index (χ4v) is 3.25. The number of nitrogens with two attached hydrogens (primary N) is 2. The molecule has 11 heteroatoms. The van der Waals surface area contributed by atoms with Gasteiger partial charge in [0.05, 0.1) is 12.6 Å². The van der Waals surface area contributed by atoms with Crippen LogP contribution in [0.1, 0.15) is 45.1 Å². The second kappa shape index (κ2) is 14.9. The van der Waals surface area contributed by atoms with Gasteiger partial charge in [-0.2, -0.15) is 0 Å². The van der Waals surface area contributed by atoms with Gasteiger partial charge in [-0.3, -0.25) is 14.4 Å². The van der Waals surface area contributed by atoms with E-state index in [-0.39, 0.29) is 30.9 Å². The number of carbonyl (C=O) groups is 4. The number of unbranched alkanes of at least 4 members (excludes halogenated alkanes) is 1. The molecule has 0 spiro atoms. The van der Waals surface area contributed by atoms with Crippen molar-refractivity contribution in [3.63, 3.8) is 0 Å². The van der Waals surface area contributed by atoms with Crippen LogP contribution in [0, 0.1) is 5.92 Å². The van der Waals surface area contributed by atoms with Crippen LogP contribution >= 0.6 is 0 Å². The number of rotatable bonds is 15. The summed E-state index contributed by atoms with van der Waals surface area (Å²) in [5.74, 6) is -2.75. The molecule has 34 heavy (non-hydrogen) atoms. The minimum atomic E-state index is -1.15. The highest BCUT2D eigenvalue weighted by atomic mass is 16.4. The van der Waals surface area contributed by atoms with Crippen LogP contribution in [-0.2, 0) is 25.6 Å². The van der Waals surface area contributed by atoms with E-state index < -0.39 is 48.4 Å². The number of aromatic hydroxyl groups is 1. The number of amides is 3. The van der Waals surface area contributed by atoms with Gasteiger partial charge in [0.25, 0.3) is 0 Å². The molecule has 11 nitrogen and oxygen atoms in total. The van der Waals surface area contributed by atoms with E-state index in [2.05, 4.69) is 16.0 Å². The van der Waals surface area contributed by atoms with Crippen LogP contribution in [0.2, 0.25) is 0 Å². The quantitative estimate of drug-likeness (QED) is 0.165. The molecule has 190 valence electrons. The second-order valence-electron chi connectivity index (χ2n) is 8.63. The smallest absolute Gasteiger partial charge is 0.326 e. The van der Waals surface area contributed by atoms with Crippen molar-refractivity contribution < 1.29 is 29.4 Å². The summed E-state index contributed by atoms with van der Waals surface area (Å²) in [7, 11) is 0. The lowest BCUT2D eigenvalue weighted by Crippen LogP contribution is -2.54. The van der Waals surface area contributed by atoms with Gasteiger partial charge in [-0.05, 0) is 62.3 Å². The second-order valence-corrected chi connectivity index (χ2v) is 8.63. The monoisotopic (exact) mass is 479 g/mol. The Kier molecular flexibility index (Phi) is 12.6. The summed E-state index contributed by atoms with van der Waals surface area (Å²) < 4.78 is 0. The molecule has 0 bridgehead atoms. The van der Waals surface area contributed by atoms with Gasteiger partial charge >= 0.3 is 5.97 Å². The predicted molar refractivity (Wildman–Crippen MR) is 127 cm³/mol. The number of carbonyl (C=O) groups excluding carboxylic acids is 3. The molecule has 3 unspecified atom stereocenters. The predicted octanol–water partition coefficient (Wildman–Crippen LogP) is -0.392. The van der Waals surface area contributed by atoms with Crippen LogP contribution < -0.4 is 27.4 Å². The van der Waals surface area contributed by atoms with Crippen molar-refractivity contribution in [2.24, 2.45) is 17.4 Å². The number of carboxylic acids is 1. The Morgan fingerprint density at radius 1 is 0.971 bits per heavy atom. The van der Waals surface area contributed by atoms with E-state index in [1.54, 1.807) is 12.1 Å².